The van der Waals surface area contributed by atoms with Crippen LogP contribution in [0.5, 0.6) is 0 Å². The normalized spacial score (nSPS) is 10.6. The number of halogens is 1. The Morgan fingerprint density at radius 1 is 1.00 bits per heavy atom. The van der Waals surface area contributed by atoms with Gasteiger partial charge in [-0.05, 0) is 48.2 Å². The highest BCUT2D eigenvalue weighted by atomic mass is 19.1. The first kappa shape index (κ1) is 18.3. The fourth-order valence-electron chi connectivity index (χ4n) is 2.65. The summed E-state index contributed by atoms with van der Waals surface area (Å²) >= 11 is 0. The molecule has 6 nitrogen and oxygen atoms in total. The van der Waals surface area contributed by atoms with E-state index in [-0.39, 0.29) is 36.8 Å². The van der Waals surface area contributed by atoms with Crippen molar-refractivity contribution in [1.29, 1.82) is 0 Å². The molecule has 0 spiro atoms. The van der Waals surface area contributed by atoms with Gasteiger partial charge in [0, 0.05) is 17.7 Å². The van der Waals surface area contributed by atoms with E-state index >= 15 is 0 Å². The zero-order valence-electron chi connectivity index (χ0n) is 14.4. The van der Waals surface area contributed by atoms with E-state index in [1.807, 2.05) is 6.07 Å². The van der Waals surface area contributed by atoms with Crippen LogP contribution in [0.15, 0.2) is 59.4 Å². The Balaban J connectivity index is 1.52. The van der Waals surface area contributed by atoms with Gasteiger partial charge in [0.25, 0.3) is 5.56 Å². The summed E-state index contributed by atoms with van der Waals surface area (Å²) in [4.78, 5) is 38.4. The van der Waals surface area contributed by atoms with Crippen LogP contribution in [0.2, 0.25) is 0 Å². The standard InChI is InChI=1S/C20H18FN3O3/c21-15-8-6-13-10-14(20(27)24-17(13)11-15)7-9-18(25)22-12-19(26)23-16-4-2-1-3-5-16/h1-6,8,10-11H,7,9,12H2,(H,22,25)(H,23,26)(H,24,27). The lowest BCUT2D eigenvalue weighted by atomic mass is 10.1. The van der Waals surface area contributed by atoms with Gasteiger partial charge in [0.1, 0.15) is 5.82 Å². The number of amides is 2. The first-order chi connectivity index (χ1) is 13.0. The highest BCUT2D eigenvalue weighted by molar-refractivity contribution is 5.94. The van der Waals surface area contributed by atoms with Crippen molar-refractivity contribution in [3.05, 3.63) is 76.3 Å². The number of carbonyl (C=O) groups excluding carboxylic acids is 2. The molecule has 0 saturated heterocycles. The zero-order valence-corrected chi connectivity index (χ0v) is 14.4. The minimum atomic E-state index is -0.431. The van der Waals surface area contributed by atoms with Gasteiger partial charge >= 0.3 is 0 Å². The van der Waals surface area contributed by atoms with Crippen molar-refractivity contribution >= 4 is 28.4 Å². The van der Waals surface area contributed by atoms with Crippen molar-refractivity contribution in [2.24, 2.45) is 0 Å². The van der Waals surface area contributed by atoms with E-state index in [0.717, 1.165) is 0 Å². The molecular formula is C20H18FN3O3. The Labute approximate surface area is 154 Å². The second-order valence-electron chi connectivity index (χ2n) is 6.05. The number of hydrogen-bond donors (Lipinski definition) is 3. The maximum Gasteiger partial charge on any atom is 0.251 e. The molecule has 0 aliphatic rings. The minimum absolute atomic E-state index is 0.0639. The van der Waals surface area contributed by atoms with Crippen molar-refractivity contribution in [3.63, 3.8) is 0 Å². The average molecular weight is 367 g/mol. The van der Waals surface area contributed by atoms with Crippen LogP contribution in [0.1, 0.15) is 12.0 Å². The van der Waals surface area contributed by atoms with Crippen LogP contribution in [-0.2, 0) is 16.0 Å². The third kappa shape index (κ3) is 5.01. The maximum absolute atomic E-state index is 13.2. The number of anilines is 1. The molecule has 0 aliphatic heterocycles. The van der Waals surface area contributed by atoms with Crippen LogP contribution in [0, 0.1) is 5.82 Å². The van der Waals surface area contributed by atoms with E-state index in [1.54, 1.807) is 36.4 Å². The van der Waals surface area contributed by atoms with Gasteiger partial charge in [-0.2, -0.15) is 0 Å². The smallest absolute Gasteiger partial charge is 0.251 e. The molecule has 3 rings (SSSR count). The summed E-state index contributed by atoms with van der Waals surface area (Å²) < 4.78 is 13.2. The van der Waals surface area contributed by atoms with Crippen LogP contribution < -0.4 is 16.2 Å². The molecule has 3 aromatic rings. The van der Waals surface area contributed by atoms with E-state index in [2.05, 4.69) is 15.6 Å². The van der Waals surface area contributed by atoms with E-state index in [1.165, 1.54) is 12.1 Å². The number of aromatic amines is 1. The molecule has 0 fully saturated rings. The average Bonchev–Trinajstić information content (AvgIpc) is 2.65. The molecule has 0 bridgehead atoms. The van der Waals surface area contributed by atoms with Crippen molar-refractivity contribution in [2.75, 3.05) is 11.9 Å². The van der Waals surface area contributed by atoms with Crippen LogP contribution in [0.4, 0.5) is 10.1 Å². The number of para-hydroxylation sites is 1. The van der Waals surface area contributed by atoms with Crippen molar-refractivity contribution in [1.82, 2.24) is 10.3 Å². The molecule has 2 aromatic carbocycles. The maximum atomic E-state index is 13.2. The van der Waals surface area contributed by atoms with Gasteiger partial charge in [-0.25, -0.2) is 4.39 Å². The predicted octanol–water partition coefficient (Wildman–Crippen LogP) is 2.35. The highest BCUT2D eigenvalue weighted by Crippen LogP contribution is 2.13. The van der Waals surface area contributed by atoms with Crippen LogP contribution >= 0.6 is 0 Å². The fraction of sp³-hybridized carbons (Fsp3) is 0.150. The summed E-state index contributed by atoms with van der Waals surface area (Å²) in [5.74, 6) is -1.10. The molecule has 0 saturated carbocycles. The predicted molar refractivity (Wildman–Crippen MR) is 101 cm³/mol. The first-order valence-corrected chi connectivity index (χ1v) is 8.44. The van der Waals surface area contributed by atoms with Gasteiger partial charge in [0.05, 0.1) is 12.1 Å². The summed E-state index contributed by atoms with van der Waals surface area (Å²) in [6.45, 7) is -0.152. The van der Waals surface area contributed by atoms with Gasteiger partial charge in [0.15, 0.2) is 0 Å². The molecular weight excluding hydrogens is 349 g/mol. The number of rotatable bonds is 6. The molecule has 7 heteroatoms. The Bertz CT molecular complexity index is 1030. The number of fused-ring (bicyclic) bond motifs is 1. The van der Waals surface area contributed by atoms with E-state index in [9.17, 15) is 18.8 Å². The van der Waals surface area contributed by atoms with E-state index < -0.39 is 5.82 Å². The Hall–Kier alpha value is -3.48. The molecule has 0 unspecified atom stereocenters. The molecule has 138 valence electrons. The number of hydrogen-bond acceptors (Lipinski definition) is 3. The van der Waals surface area contributed by atoms with E-state index in [0.29, 0.717) is 22.2 Å². The second kappa shape index (κ2) is 8.27. The summed E-state index contributed by atoms with van der Waals surface area (Å²) in [6, 6.07) is 14.7. The first-order valence-electron chi connectivity index (χ1n) is 8.44. The lowest BCUT2D eigenvalue weighted by Gasteiger charge is -2.07. The molecule has 1 heterocycles. The molecule has 0 atom stereocenters. The quantitative estimate of drug-likeness (QED) is 0.625. The fourth-order valence-corrected chi connectivity index (χ4v) is 2.65. The van der Waals surface area contributed by atoms with Gasteiger partial charge in [-0.3, -0.25) is 14.4 Å². The molecule has 27 heavy (non-hydrogen) atoms. The molecule has 0 aliphatic carbocycles. The molecule has 1 aromatic heterocycles. The number of aryl methyl sites for hydroxylation is 1. The number of benzene rings is 2. The molecule has 0 radical (unpaired) electrons. The third-order valence-electron chi connectivity index (χ3n) is 4.01. The second-order valence-corrected chi connectivity index (χ2v) is 6.05. The lowest BCUT2D eigenvalue weighted by molar-refractivity contribution is -0.124. The highest BCUT2D eigenvalue weighted by Gasteiger charge is 2.09. The zero-order chi connectivity index (χ0) is 19.2. The third-order valence-corrected chi connectivity index (χ3v) is 4.01. The number of aromatic nitrogens is 1. The van der Waals surface area contributed by atoms with Crippen molar-refractivity contribution < 1.29 is 14.0 Å². The number of H-pyrrole nitrogens is 1. The van der Waals surface area contributed by atoms with Gasteiger partial charge in [0.2, 0.25) is 11.8 Å². The lowest BCUT2D eigenvalue weighted by Crippen LogP contribution is -2.33. The summed E-state index contributed by atoms with van der Waals surface area (Å²) in [5.41, 5.74) is 1.13. The summed E-state index contributed by atoms with van der Waals surface area (Å²) in [5, 5.41) is 5.88. The summed E-state index contributed by atoms with van der Waals surface area (Å²) in [7, 11) is 0. The number of nitrogens with one attached hydrogen (secondary N) is 3. The van der Waals surface area contributed by atoms with Gasteiger partial charge < -0.3 is 15.6 Å². The van der Waals surface area contributed by atoms with Crippen molar-refractivity contribution in [2.45, 2.75) is 12.8 Å². The van der Waals surface area contributed by atoms with Crippen LogP contribution in [-0.4, -0.2) is 23.3 Å². The largest absolute Gasteiger partial charge is 0.347 e. The topological polar surface area (TPSA) is 91.1 Å². The van der Waals surface area contributed by atoms with E-state index in [4.69, 9.17) is 0 Å². The monoisotopic (exact) mass is 367 g/mol. The van der Waals surface area contributed by atoms with Crippen LogP contribution in [0.25, 0.3) is 10.9 Å². The molecule has 2 amide bonds. The Morgan fingerprint density at radius 3 is 2.56 bits per heavy atom. The number of carbonyl (C=O) groups is 2. The SMILES string of the molecule is O=C(CCc1cc2ccc(F)cc2[nH]c1=O)NCC(=O)Nc1ccccc1. The van der Waals surface area contributed by atoms with Gasteiger partial charge in [-0.1, -0.05) is 18.2 Å². The Morgan fingerprint density at radius 2 is 1.78 bits per heavy atom. The number of pyridine rings is 1. The molecule has 3 N–H and O–H groups in total. The van der Waals surface area contributed by atoms with Gasteiger partial charge in [-0.15, -0.1) is 0 Å². The van der Waals surface area contributed by atoms with Crippen molar-refractivity contribution in [3.8, 4) is 0 Å². The Kier molecular flexibility index (Phi) is 5.61. The minimum Gasteiger partial charge on any atom is -0.347 e. The summed E-state index contributed by atoms with van der Waals surface area (Å²) in [6.07, 6.45) is 0.281. The van der Waals surface area contributed by atoms with Crippen LogP contribution in [0.3, 0.4) is 0 Å².